The molecule has 2 N–H and O–H groups in total. The zero-order valence-corrected chi connectivity index (χ0v) is 16.7. The van der Waals surface area contributed by atoms with Crippen molar-refractivity contribution in [2.45, 2.75) is 20.3 Å². The van der Waals surface area contributed by atoms with Crippen LogP contribution >= 0.6 is 34.5 Å². The first-order chi connectivity index (χ1) is 12.3. The van der Waals surface area contributed by atoms with E-state index in [0.717, 1.165) is 13.0 Å². The van der Waals surface area contributed by atoms with E-state index in [1.54, 1.807) is 17.5 Å². The average Bonchev–Trinajstić information content (AvgIpc) is 3.04. The molecular weight excluding hydrogens is 397 g/mol. The molecule has 0 unspecified atom stereocenters. The lowest BCUT2D eigenvalue weighted by Gasteiger charge is -2.08. The van der Waals surface area contributed by atoms with Gasteiger partial charge in [-0.25, -0.2) is 9.78 Å². The van der Waals surface area contributed by atoms with Gasteiger partial charge in [-0.1, -0.05) is 37.0 Å². The number of esters is 1. The minimum absolute atomic E-state index is 0.163. The van der Waals surface area contributed by atoms with Crippen molar-refractivity contribution < 1.29 is 14.3 Å². The number of carbonyl (C=O) groups excluding carboxylic acids is 2. The molecule has 0 fully saturated rings. The highest BCUT2D eigenvalue weighted by molar-refractivity contribution is 7.13. The number of nitrogens with one attached hydrogen (secondary N) is 2. The lowest BCUT2D eigenvalue weighted by molar-refractivity contribution is -0.119. The van der Waals surface area contributed by atoms with Crippen LogP contribution in [0.3, 0.4) is 0 Å². The van der Waals surface area contributed by atoms with Crippen molar-refractivity contribution in [2.75, 3.05) is 23.8 Å². The Morgan fingerprint density at radius 2 is 2.08 bits per heavy atom. The number of carbonyl (C=O) groups is 2. The van der Waals surface area contributed by atoms with Gasteiger partial charge < -0.3 is 15.4 Å². The third kappa shape index (κ3) is 6.48. The second-order valence-corrected chi connectivity index (χ2v) is 7.60. The van der Waals surface area contributed by atoms with Crippen LogP contribution in [0.5, 0.6) is 0 Å². The average molecular weight is 416 g/mol. The van der Waals surface area contributed by atoms with Gasteiger partial charge in [0, 0.05) is 16.9 Å². The second-order valence-electron chi connectivity index (χ2n) is 5.90. The van der Waals surface area contributed by atoms with Crippen LogP contribution in [-0.2, 0) is 9.53 Å². The van der Waals surface area contributed by atoms with E-state index in [4.69, 9.17) is 27.9 Å². The van der Waals surface area contributed by atoms with E-state index >= 15 is 0 Å². The van der Waals surface area contributed by atoms with E-state index in [1.165, 1.54) is 17.4 Å². The summed E-state index contributed by atoms with van der Waals surface area (Å²) < 4.78 is 4.98. The van der Waals surface area contributed by atoms with Crippen LogP contribution in [0.2, 0.25) is 10.0 Å². The highest BCUT2D eigenvalue weighted by Gasteiger charge is 2.15. The van der Waals surface area contributed by atoms with Gasteiger partial charge in [-0.2, -0.15) is 0 Å². The van der Waals surface area contributed by atoms with Gasteiger partial charge in [0.1, 0.15) is 0 Å². The van der Waals surface area contributed by atoms with Crippen LogP contribution in [0.1, 0.15) is 30.8 Å². The summed E-state index contributed by atoms with van der Waals surface area (Å²) in [4.78, 5) is 28.0. The van der Waals surface area contributed by atoms with Gasteiger partial charge in [-0.3, -0.25) is 4.79 Å². The predicted octanol–water partition coefficient (Wildman–Crippen LogP) is 4.70. The van der Waals surface area contributed by atoms with Gasteiger partial charge in [-0.15, -0.1) is 11.3 Å². The molecule has 26 heavy (non-hydrogen) atoms. The molecule has 140 valence electrons. The fourth-order valence-electron chi connectivity index (χ4n) is 1.90. The van der Waals surface area contributed by atoms with E-state index < -0.39 is 18.5 Å². The zero-order valence-electron chi connectivity index (χ0n) is 14.3. The van der Waals surface area contributed by atoms with Gasteiger partial charge >= 0.3 is 5.97 Å². The molecule has 1 heterocycles. The van der Waals surface area contributed by atoms with E-state index in [2.05, 4.69) is 29.5 Å². The molecule has 1 aromatic carbocycles. The van der Waals surface area contributed by atoms with Crippen molar-refractivity contribution in [2.24, 2.45) is 5.92 Å². The molecular formula is C17H19Cl2N3O3S. The summed E-state index contributed by atoms with van der Waals surface area (Å²) in [6.45, 7) is 4.60. The van der Waals surface area contributed by atoms with Crippen LogP contribution < -0.4 is 10.6 Å². The van der Waals surface area contributed by atoms with Crippen molar-refractivity contribution in [1.82, 2.24) is 4.98 Å². The monoisotopic (exact) mass is 415 g/mol. The molecule has 1 aromatic heterocycles. The Morgan fingerprint density at radius 3 is 2.81 bits per heavy atom. The third-order valence-electron chi connectivity index (χ3n) is 3.25. The molecule has 0 aliphatic carbocycles. The summed E-state index contributed by atoms with van der Waals surface area (Å²) in [6.07, 6.45) is 1.01. The molecule has 0 atom stereocenters. The van der Waals surface area contributed by atoms with Crippen LogP contribution in [0.15, 0.2) is 23.6 Å². The van der Waals surface area contributed by atoms with E-state index in [-0.39, 0.29) is 5.69 Å². The molecule has 2 aromatic rings. The summed E-state index contributed by atoms with van der Waals surface area (Å²) in [6, 6.07) is 4.68. The van der Waals surface area contributed by atoms with Crippen molar-refractivity contribution in [3.8, 4) is 0 Å². The predicted molar refractivity (Wildman–Crippen MR) is 105 cm³/mol. The fourth-order valence-corrected chi connectivity index (χ4v) is 2.95. The Balaban J connectivity index is 1.81. The number of thiazole rings is 1. The lowest BCUT2D eigenvalue weighted by Crippen LogP contribution is -2.21. The maximum atomic E-state index is 12.0. The number of benzene rings is 1. The maximum absolute atomic E-state index is 12.0. The molecule has 0 aliphatic rings. The van der Waals surface area contributed by atoms with Gasteiger partial charge in [0.05, 0.1) is 10.7 Å². The molecule has 0 radical (unpaired) electrons. The molecule has 0 aliphatic heterocycles. The topological polar surface area (TPSA) is 80.3 Å². The number of hydrogen-bond donors (Lipinski definition) is 2. The minimum atomic E-state index is -0.662. The van der Waals surface area contributed by atoms with Gasteiger partial charge in [-0.05, 0) is 30.5 Å². The number of rotatable bonds is 8. The first kappa shape index (κ1) is 20.5. The highest BCUT2D eigenvalue weighted by atomic mass is 35.5. The Labute approximate surface area is 165 Å². The molecule has 0 bridgehead atoms. The molecule has 0 saturated carbocycles. The molecule has 9 heteroatoms. The summed E-state index contributed by atoms with van der Waals surface area (Å²) >= 11 is 13.1. The molecule has 1 amide bonds. The van der Waals surface area contributed by atoms with Crippen LogP contribution in [-0.4, -0.2) is 30.0 Å². The van der Waals surface area contributed by atoms with Crippen molar-refractivity contribution >= 4 is 57.2 Å². The molecule has 0 spiro atoms. The zero-order chi connectivity index (χ0) is 19.1. The first-order valence-corrected chi connectivity index (χ1v) is 9.60. The van der Waals surface area contributed by atoms with Gasteiger partial charge in [0.2, 0.25) is 0 Å². The van der Waals surface area contributed by atoms with Gasteiger partial charge in [0.15, 0.2) is 17.4 Å². The van der Waals surface area contributed by atoms with E-state index in [0.29, 0.717) is 26.8 Å². The largest absolute Gasteiger partial charge is 0.451 e. The summed E-state index contributed by atoms with van der Waals surface area (Å²) in [5.74, 6) is -0.600. The van der Waals surface area contributed by atoms with Crippen molar-refractivity contribution in [3.63, 3.8) is 0 Å². The molecule has 2 rings (SSSR count). The number of ether oxygens (including phenoxy) is 1. The van der Waals surface area contributed by atoms with Gasteiger partial charge in [0.25, 0.3) is 5.91 Å². The molecule has 6 nitrogen and oxygen atoms in total. The van der Waals surface area contributed by atoms with Crippen molar-refractivity contribution in [1.29, 1.82) is 0 Å². The number of aromatic nitrogens is 1. The van der Waals surface area contributed by atoms with Crippen LogP contribution in [0.4, 0.5) is 10.8 Å². The van der Waals surface area contributed by atoms with Crippen LogP contribution in [0.25, 0.3) is 0 Å². The Bertz CT molecular complexity index is 780. The quantitative estimate of drug-likeness (QED) is 0.610. The fraction of sp³-hybridized carbons (Fsp3) is 0.353. The van der Waals surface area contributed by atoms with Crippen LogP contribution in [0, 0.1) is 5.92 Å². The Morgan fingerprint density at radius 1 is 1.31 bits per heavy atom. The number of hydrogen-bond acceptors (Lipinski definition) is 6. The molecule has 0 saturated heterocycles. The number of halogens is 2. The van der Waals surface area contributed by atoms with Crippen molar-refractivity contribution in [3.05, 3.63) is 39.3 Å². The lowest BCUT2D eigenvalue weighted by atomic mass is 10.1. The summed E-state index contributed by atoms with van der Waals surface area (Å²) in [5, 5.41) is 8.70. The normalized spacial score (nSPS) is 10.7. The summed E-state index contributed by atoms with van der Waals surface area (Å²) in [7, 11) is 0. The highest BCUT2D eigenvalue weighted by Crippen LogP contribution is 2.25. The van der Waals surface area contributed by atoms with E-state index in [1.807, 2.05) is 0 Å². The smallest absolute Gasteiger partial charge is 0.358 e. The Kier molecular flexibility index (Phi) is 7.68. The maximum Gasteiger partial charge on any atom is 0.358 e. The SMILES string of the molecule is CC(C)CCNc1nc(C(=O)OCC(=O)Nc2cc(Cl)ccc2Cl)cs1. The number of anilines is 2. The van der Waals surface area contributed by atoms with E-state index in [9.17, 15) is 9.59 Å². The number of nitrogens with zero attached hydrogens (tertiary/aromatic N) is 1. The third-order valence-corrected chi connectivity index (χ3v) is 4.61. The minimum Gasteiger partial charge on any atom is -0.451 e. The first-order valence-electron chi connectivity index (χ1n) is 7.96. The number of amides is 1. The standard InChI is InChI=1S/C17H19Cl2N3O3S/c1-10(2)5-6-20-17-22-14(9-26-17)16(24)25-8-15(23)21-13-7-11(18)3-4-12(13)19/h3-4,7,9-10H,5-6,8H2,1-2H3,(H,20,22)(H,21,23). The Hall–Kier alpha value is -1.83. The summed E-state index contributed by atoms with van der Waals surface area (Å²) in [5.41, 5.74) is 0.515. The second kappa shape index (κ2) is 9.75.